The van der Waals surface area contributed by atoms with E-state index in [2.05, 4.69) is 34.1 Å². The highest BCUT2D eigenvalue weighted by molar-refractivity contribution is 5.75. The van der Waals surface area contributed by atoms with Crippen LogP contribution in [0.3, 0.4) is 0 Å². The number of hydrogen-bond acceptors (Lipinski definition) is 5. The Balaban J connectivity index is 1.52. The standard InChI is InChI=1S/C28H33FN4O3/c1-3-35-28(34)30-16-8-4-5-9-20-12-13-23(29)22(19-20)26(36-21-14-17-33(2)18-15-21)27-31-24-10-6-7-11-25(24)32-27/h6-7,10-13,19,21,26H,3-4,8,14-18H2,1-2H3,(H,30,34)(H,31,32). The number of nitrogens with zero attached hydrogens (tertiary/aromatic N) is 2. The lowest BCUT2D eigenvalue weighted by atomic mass is 10.0. The number of benzene rings is 2. The van der Waals surface area contributed by atoms with Crippen molar-refractivity contribution in [2.75, 3.05) is 33.3 Å². The van der Waals surface area contributed by atoms with Crippen LogP contribution in [0.15, 0.2) is 42.5 Å². The molecular formula is C28H33FN4O3. The minimum atomic E-state index is -0.665. The van der Waals surface area contributed by atoms with E-state index in [1.807, 2.05) is 24.3 Å². The van der Waals surface area contributed by atoms with Gasteiger partial charge in [0.1, 0.15) is 17.7 Å². The van der Waals surface area contributed by atoms with Gasteiger partial charge in [0.05, 0.1) is 23.7 Å². The number of hydrogen-bond donors (Lipinski definition) is 2. The van der Waals surface area contributed by atoms with Crippen LogP contribution in [0, 0.1) is 17.7 Å². The van der Waals surface area contributed by atoms with Gasteiger partial charge in [-0.25, -0.2) is 14.2 Å². The number of imidazole rings is 1. The largest absolute Gasteiger partial charge is 0.450 e. The highest BCUT2D eigenvalue weighted by Gasteiger charge is 2.28. The van der Waals surface area contributed by atoms with Crippen molar-refractivity contribution in [1.82, 2.24) is 20.2 Å². The molecule has 0 saturated carbocycles. The maximum atomic E-state index is 15.2. The Morgan fingerprint density at radius 1 is 1.28 bits per heavy atom. The normalized spacial score (nSPS) is 15.3. The van der Waals surface area contributed by atoms with Crippen molar-refractivity contribution in [2.45, 2.75) is 44.8 Å². The molecule has 190 valence electrons. The van der Waals surface area contributed by atoms with Gasteiger partial charge in [0.15, 0.2) is 0 Å². The number of amides is 1. The van der Waals surface area contributed by atoms with Crippen molar-refractivity contribution >= 4 is 17.1 Å². The van der Waals surface area contributed by atoms with Crippen LogP contribution in [0.1, 0.15) is 55.7 Å². The summed E-state index contributed by atoms with van der Waals surface area (Å²) in [5, 5.41) is 2.68. The molecule has 0 spiro atoms. The van der Waals surface area contributed by atoms with Crippen LogP contribution in [-0.2, 0) is 9.47 Å². The van der Waals surface area contributed by atoms with Crippen molar-refractivity contribution in [3.63, 3.8) is 0 Å². The lowest BCUT2D eigenvalue weighted by Crippen LogP contribution is -2.35. The SMILES string of the molecule is CCOC(=O)NCCCC#Cc1ccc(F)c(C(OC2CCN(C)CC2)c2nc3ccccc3[nH]2)c1. The summed E-state index contributed by atoms with van der Waals surface area (Å²) in [6, 6.07) is 12.6. The van der Waals surface area contributed by atoms with Gasteiger partial charge in [0.25, 0.3) is 0 Å². The number of ether oxygens (including phenoxy) is 2. The molecule has 0 radical (unpaired) electrons. The summed E-state index contributed by atoms with van der Waals surface area (Å²) in [7, 11) is 2.10. The molecule has 1 atom stereocenters. The Morgan fingerprint density at radius 3 is 2.86 bits per heavy atom. The maximum absolute atomic E-state index is 15.2. The summed E-state index contributed by atoms with van der Waals surface area (Å²) >= 11 is 0. The van der Waals surface area contributed by atoms with Gasteiger partial charge in [-0.1, -0.05) is 24.0 Å². The summed E-state index contributed by atoms with van der Waals surface area (Å²) in [5.74, 6) is 6.46. The number of unbranched alkanes of at least 4 members (excludes halogenated alkanes) is 1. The highest BCUT2D eigenvalue weighted by atomic mass is 19.1. The molecule has 7 nitrogen and oxygen atoms in total. The molecule has 1 saturated heterocycles. The van der Waals surface area contributed by atoms with Crippen molar-refractivity contribution < 1.29 is 18.7 Å². The second-order valence-corrected chi connectivity index (χ2v) is 8.95. The van der Waals surface area contributed by atoms with E-state index in [1.54, 1.807) is 19.1 Å². The average molecular weight is 493 g/mol. The first-order chi connectivity index (χ1) is 17.5. The highest BCUT2D eigenvalue weighted by Crippen LogP contribution is 2.32. The van der Waals surface area contributed by atoms with Crippen LogP contribution in [-0.4, -0.2) is 60.4 Å². The summed E-state index contributed by atoms with van der Waals surface area (Å²) in [4.78, 5) is 21.7. The van der Waals surface area contributed by atoms with Crippen molar-refractivity contribution in [2.24, 2.45) is 0 Å². The second-order valence-electron chi connectivity index (χ2n) is 8.95. The minimum absolute atomic E-state index is 0.0143. The van der Waals surface area contributed by atoms with Crippen LogP contribution in [0.5, 0.6) is 0 Å². The number of para-hydroxylation sites is 2. The fourth-order valence-electron chi connectivity index (χ4n) is 4.23. The Hall–Kier alpha value is -3.41. The number of aromatic nitrogens is 2. The molecule has 0 bridgehead atoms. The van der Waals surface area contributed by atoms with Gasteiger partial charge >= 0.3 is 6.09 Å². The summed E-state index contributed by atoms with van der Waals surface area (Å²) in [6.07, 6.45) is 1.98. The van der Waals surface area contributed by atoms with Gasteiger partial charge < -0.3 is 24.7 Å². The Kier molecular flexibility index (Phi) is 8.93. The van der Waals surface area contributed by atoms with Crippen molar-refractivity contribution in [1.29, 1.82) is 0 Å². The molecule has 8 heteroatoms. The lowest BCUT2D eigenvalue weighted by molar-refractivity contribution is -0.0276. The minimum Gasteiger partial charge on any atom is -0.450 e. The number of fused-ring (bicyclic) bond motifs is 1. The number of likely N-dealkylation sites (tertiary alicyclic amines) is 1. The van der Waals surface area contributed by atoms with E-state index in [4.69, 9.17) is 14.5 Å². The molecule has 1 unspecified atom stereocenters. The molecule has 1 aromatic heterocycles. The zero-order valence-electron chi connectivity index (χ0n) is 20.9. The molecule has 2 heterocycles. The molecule has 3 aromatic rings. The van der Waals surface area contributed by atoms with Crippen LogP contribution in [0.25, 0.3) is 11.0 Å². The van der Waals surface area contributed by atoms with E-state index >= 15 is 4.39 Å². The fourth-order valence-corrected chi connectivity index (χ4v) is 4.23. The molecule has 1 aliphatic heterocycles. The van der Waals surface area contributed by atoms with Crippen LogP contribution in [0.4, 0.5) is 9.18 Å². The van der Waals surface area contributed by atoms with Gasteiger partial charge in [-0.2, -0.15) is 0 Å². The quantitative estimate of drug-likeness (QED) is 0.350. The van der Waals surface area contributed by atoms with E-state index in [9.17, 15) is 4.79 Å². The third-order valence-corrected chi connectivity index (χ3v) is 6.18. The van der Waals surface area contributed by atoms with E-state index in [-0.39, 0.29) is 11.9 Å². The van der Waals surface area contributed by atoms with Crippen molar-refractivity contribution in [3.8, 4) is 11.8 Å². The number of nitrogens with one attached hydrogen (secondary N) is 2. The number of carbonyl (C=O) groups is 1. The summed E-state index contributed by atoms with van der Waals surface area (Å²) in [6.45, 7) is 4.47. The van der Waals surface area contributed by atoms with E-state index in [1.165, 1.54) is 6.07 Å². The monoisotopic (exact) mass is 492 g/mol. The predicted octanol–water partition coefficient (Wildman–Crippen LogP) is 4.78. The molecule has 2 N–H and O–H groups in total. The number of aromatic amines is 1. The molecule has 1 amide bonds. The van der Waals surface area contributed by atoms with Crippen LogP contribution < -0.4 is 5.32 Å². The topological polar surface area (TPSA) is 79.5 Å². The van der Waals surface area contributed by atoms with Gasteiger partial charge in [-0.3, -0.25) is 0 Å². The molecular weight excluding hydrogens is 459 g/mol. The molecule has 36 heavy (non-hydrogen) atoms. The molecule has 1 aliphatic rings. The Labute approximate surface area is 211 Å². The van der Waals surface area contributed by atoms with Crippen LogP contribution >= 0.6 is 0 Å². The maximum Gasteiger partial charge on any atom is 0.407 e. The Morgan fingerprint density at radius 2 is 2.08 bits per heavy atom. The first-order valence-electron chi connectivity index (χ1n) is 12.5. The van der Waals surface area contributed by atoms with E-state index in [0.717, 1.165) is 37.0 Å². The lowest BCUT2D eigenvalue weighted by Gasteiger charge is -2.31. The number of piperidine rings is 1. The fraction of sp³-hybridized carbons (Fsp3) is 0.429. The van der Waals surface area contributed by atoms with Gasteiger partial charge in [-0.15, -0.1) is 0 Å². The predicted molar refractivity (Wildman–Crippen MR) is 137 cm³/mol. The smallest absolute Gasteiger partial charge is 0.407 e. The number of halogens is 1. The second kappa shape index (κ2) is 12.5. The number of alkyl carbamates (subject to hydrolysis) is 1. The number of rotatable bonds is 8. The van der Waals surface area contributed by atoms with Crippen LogP contribution in [0.2, 0.25) is 0 Å². The van der Waals surface area contributed by atoms with Gasteiger partial charge in [0, 0.05) is 37.2 Å². The third kappa shape index (κ3) is 6.84. The molecule has 0 aliphatic carbocycles. The number of H-pyrrole nitrogens is 1. The van der Waals surface area contributed by atoms with Gasteiger partial charge in [0.2, 0.25) is 0 Å². The summed E-state index contributed by atoms with van der Waals surface area (Å²) < 4.78 is 26.5. The Bertz CT molecular complexity index is 1190. The first-order valence-corrected chi connectivity index (χ1v) is 12.5. The zero-order valence-corrected chi connectivity index (χ0v) is 20.9. The zero-order chi connectivity index (χ0) is 25.3. The molecule has 4 rings (SSSR count). The molecule has 1 fully saturated rings. The molecule has 2 aromatic carbocycles. The first kappa shape index (κ1) is 25.7. The van der Waals surface area contributed by atoms with E-state index in [0.29, 0.717) is 42.9 Å². The average Bonchev–Trinajstić information content (AvgIpc) is 3.31. The third-order valence-electron chi connectivity index (χ3n) is 6.18. The van der Waals surface area contributed by atoms with Gasteiger partial charge in [-0.05, 0) is 63.6 Å². The van der Waals surface area contributed by atoms with E-state index < -0.39 is 12.2 Å². The summed E-state index contributed by atoms with van der Waals surface area (Å²) in [5.41, 5.74) is 2.83. The van der Waals surface area contributed by atoms with Crippen molar-refractivity contribution in [3.05, 3.63) is 65.2 Å². The number of carbonyl (C=O) groups excluding carboxylic acids is 1.